The number of carbonyl (C=O) groups excluding carboxylic acids is 1. The van der Waals surface area contributed by atoms with Crippen LogP contribution in [0.4, 0.5) is 0 Å². The van der Waals surface area contributed by atoms with Gasteiger partial charge in [0.15, 0.2) is 5.60 Å². The Morgan fingerprint density at radius 3 is 2.76 bits per heavy atom. The summed E-state index contributed by atoms with van der Waals surface area (Å²) >= 11 is 3.50. The summed E-state index contributed by atoms with van der Waals surface area (Å²) in [5.74, 6) is -0.709. The maximum atomic E-state index is 13.3. The van der Waals surface area contributed by atoms with Crippen LogP contribution in [0.15, 0.2) is 33.5 Å². The molecule has 0 radical (unpaired) electrons. The number of aliphatic hydroxyl groups is 1. The highest BCUT2D eigenvalue weighted by Crippen LogP contribution is 2.40. The van der Waals surface area contributed by atoms with Crippen LogP contribution in [-0.2, 0) is 34.7 Å². The fraction of sp³-hybridized carbons (Fsp3) is 0.318. The number of hydrogen-bond donors (Lipinski definition) is 1. The molecule has 4 heterocycles. The van der Waals surface area contributed by atoms with Gasteiger partial charge in [0, 0.05) is 21.0 Å². The van der Waals surface area contributed by atoms with E-state index in [1.165, 1.54) is 0 Å². The van der Waals surface area contributed by atoms with E-state index in [2.05, 4.69) is 22.9 Å². The lowest BCUT2D eigenvalue weighted by atomic mass is 9.86. The molecule has 7 heteroatoms. The number of benzene rings is 1. The first-order chi connectivity index (χ1) is 13.9. The number of hydrogen-bond acceptors (Lipinski definition) is 5. The van der Waals surface area contributed by atoms with Crippen molar-refractivity contribution in [2.45, 2.75) is 45.4 Å². The van der Waals surface area contributed by atoms with Crippen molar-refractivity contribution < 1.29 is 14.6 Å². The Kier molecular flexibility index (Phi) is 3.98. The molecular formula is C22H19BrN2O4. The van der Waals surface area contributed by atoms with Gasteiger partial charge in [-0.2, -0.15) is 0 Å². The lowest BCUT2D eigenvalue weighted by Crippen LogP contribution is -2.44. The molecule has 2 aromatic heterocycles. The summed E-state index contributed by atoms with van der Waals surface area (Å²) in [5, 5.41) is 12.0. The Hall–Kier alpha value is -2.51. The average molecular weight is 455 g/mol. The Labute approximate surface area is 175 Å². The number of aryl methyl sites for hydroxylation is 1. The molecule has 148 valence electrons. The third kappa shape index (κ3) is 2.40. The molecule has 1 atom stereocenters. The zero-order chi connectivity index (χ0) is 20.5. The second kappa shape index (κ2) is 6.24. The van der Waals surface area contributed by atoms with Crippen molar-refractivity contribution in [1.29, 1.82) is 0 Å². The van der Waals surface area contributed by atoms with Crippen molar-refractivity contribution in [1.82, 2.24) is 9.55 Å². The molecule has 0 fully saturated rings. The van der Waals surface area contributed by atoms with Gasteiger partial charge in [-0.25, -0.2) is 9.78 Å². The van der Waals surface area contributed by atoms with Gasteiger partial charge in [0.05, 0.1) is 29.0 Å². The van der Waals surface area contributed by atoms with E-state index in [0.29, 0.717) is 23.4 Å². The van der Waals surface area contributed by atoms with E-state index in [9.17, 15) is 14.7 Å². The van der Waals surface area contributed by atoms with Crippen LogP contribution in [0.25, 0.3) is 22.3 Å². The minimum absolute atomic E-state index is 0.116. The van der Waals surface area contributed by atoms with Gasteiger partial charge >= 0.3 is 5.97 Å². The van der Waals surface area contributed by atoms with Crippen LogP contribution in [0.2, 0.25) is 0 Å². The molecule has 3 aromatic rings. The molecule has 0 spiro atoms. The fourth-order valence-corrected chi connectivity index (χ4v) is 4.89. The van der Waals surface area contributed by atoms with Crippen LogP contribution in [-0.4, -0.2) is 20.6 Å². The maximum Gasteiger partial charge on any atom is 0.343 e. The lowest BCUT2D eigenvalue weighted by molar-refractivity contribution is -0.172. The van der Waals surface area contributed by atoms with Crippen molar-refractivity contribution in [3.8, 4) is 11.4 Å². The van der Waals surface area contributed by atoms with Gasteiger partial charge in [0.2, 0.25) is 0 Å². The van der Waals surface area contributed by atoms with E-state index in [4.69, 9.17) is 9.72 Å². The predicted molar refractivity (Wildman–Crippen MR) is 112 cm³/mol. The molecule has 0 saturated heterocycles. The molecular weight excluding hydrogens is 436 g/mol. The highest BCUT2D eigenvalue weighted by Gasteiger charge is 2.45. The third-order valence-electron chi connectivity index (χ3n) is 6.12. The third-order valence-corrected chi connectivity index (χ3v) is 6.62. The lowest BCUT2D eigenvalue weighted by Gasteiger charge is -2.31. The summed E-state index contributed by atoms with van der Waals surface area (Å²) in [6.07, 6.45) is 0.943. The van der Waals surface area contributed by atoms with Crippen LogP contribution < -0.4 is 5.56 Å². The number of carbonyl (C=O) groups is 1. The van der Waals surface area contributed by atoms with E-state index in [1.54, 1.807) is 17.6 Å². The van der Waals surface area contributed by atoms with Crippen molar-refractivity contribution >= 4 is 32.8 Å². The Morgan fingerprint density at radius 1 is 1.24 bits per heavy atom. The number of fused-ring (bicyclic) bond motifs is 5. The molecule has 0 aliphatic carbocycles. The summed E-state index contributed by atoms with van der Waals surface area (Å²) in [6, 6.07) is 7.76. The molecule has 2 aliphatic heterocycles. The van der Waals surface area contributed by atoms with E-state index >= 15 is 0 Å². The van der Waals surface area contributed by atoms with Gasteiger partial charge in [-0.3, -0.25) is 4.79 Å². The van der Waals surface area contributed by atoms with Gasteiger partial charge in [-0.1, -0.05) is 35.8 Å². The molecule has 0 bridgehead atoms. The first kappa shape index (κ1) is 18.5. The number of nitrogens with zero attached hydrogens (tertiary/aromatic N) is 2. The largest absolute Gasteiger partial charge is 0.458 e. The number of aromatic nitrogens is 2. The quantitative estimate of drug-likeness (QED) is 0.469. The molecule has 2 aliphatic rings. The zero-order valence-electron chi connectivity index (χ0n) is 16.1. The molecule has 0 saturated carbocycles. The highest BCUT2D eigenvalue weighted by atomic mass is 79.9. The topological polar surface area (TPSA) is 81.4 Å². The summed E-state index contributed by atoms with van der Waals surface area (Å²) in [7, 11) is 0. The molecule has 6 nitrogen and oxygen atoms in total. The van der Waals surface area contributed by atoms with Gasteiger partial charge < -0.3 is 14.4 Å². The summed E-state index contributed by atoms with van der Waals surface area (Å²) in [6.45, 7) is 4.11. The van der Waals surface area contributed by atoms with Crippen molar-refractivity contribution in [2.75, 3.05) is 0 Å². The monoisotopic (exact) mass is 454 g/mol. The standard InChI is InChI=1S/C22H19BrN2O4/c1-3-12-13-6-5-11(23)7-17(13)24-19-14(12)9-25-18(19)8-16-15(20(25)26)10-29-21(27)22(16,28)4-2/h5-8,28H,3-4,9-10H2,1-2H3/t22-/m0/s1. The smallest absolute Gasteiger partial charge is 0.343 e. The summed E-state index contributed by atoms with van der Waals surface area (Å²) in [5.41, 5.74) is 3.06. The van der Waals surface area contributed by atoms with Crippen LogP contribution >= 0.6 is 15.9 Å². The van der Waals surface area contributed by atoms with Crippen LogP contribution in [0, 0.1) is 0 Å². The molecule has 0 amide bonds. The van der Waals surface area contributed by atoms with Crippen LogP contribution in [0.1, 0.15) is 42.5 Å². The molecule has 1 N–H and O–H groups in total. The minimum atomic E-state index is -1.81. The Bertz CT molecular complexity index is 1280. The number of halogens is 1. The van der Waals surface area contributed by atoms with Crippen molar-refractivity contribution in [3.63, 3.8) is 0 Å². The van der Waals surface area contributed by atoms with Gasteiger partial charge in [0.1, 0.15) is 6.61 Å². The fourth-order valence-electron chi connectivity index (χ4n) is 4.54. The van der Waals surface area contributed by atoms with E-state index < -0.39 is 11.6 Å². The number of esters is 1. The minimum Gasteiger partial charge on any atom is -0.458 e. The van der Waals surface area contributed by atoms with Crippen molar-refractivity contribution in [3.05, 3.63) is 61.3 Å². The highest BCUT2D eigenvalue weighted by molar-refractivity contribution is 9.10. The molecule has 29 heavy (non-hydrogen) atoms. The number of ether oxygens (including phenoxy) is 1. The first-order valence-electron chi connectivity index (χ1n) is 9.67. The Morgan fingerprint density at radius 2 is 2.03 bits per heavy atom. The van der Waals surface area contributed by atoms with E-state index in [1.807, 2.05) is 18.2 Å². The molecule has 1 aromatic carbocycles. The molecule has 0 unspecified atom stereocenters. The van der Waals surface area contributed by atoms with Crippen molar-refractivity contribution in [2.24, 2.45) is 0 Å². The van der Waals surface area contributed by atoms with Gasteiger partial charge in [-0.15, -0.1) is 0 Å². The van der Waals surface area contributed by atoms with E-state index in [-0.39, 0.29) is 18.6 Å². The normalized spacial score (nSPS) is 19.7. The van der Waals surface area contributed by atoms with Crippen LogP contribution in [0.5, 0.6) is 0 Å². The summed E-state index contributed by atoms with van der Waals surface area (Å²) < 4.78 is 7.74. The van der Waals surface area contributed by atoms with E-state index in [0.717, 1.165) is 38.6 Å². The average Bonchev–Trinajstić information content (AvgIpc) is 3.08. The Balaban J connectivity index is 1.84. The molecule has 5 rings (SSSR count). The van der Waals surface area contributed by atoms with Gasteiger partial charge in [0.25, 0.3) is 5.56 Å². The first-order valence-corrected chi connectivity index (χ1v) is 10.5. The SMILES string of the molecule is CCc1c2c(nc3cc(Br)ccc13)-c1cc3c(c(=O)n1C2)COC(=O)[C@]3(O)CC. The van der Waals surface area contributed by atoms with Gasteiger partial charge in [-0.05, 0) is 36.6 Å². The number of cyclic esters (lactones) is 1. The zero-order valence-corrected chi connectivity index (χ0v) is 17.7. The number of pyridine rings is 2. The second-order valence-corrected chi connectivity index (χ2v) is 8.45. The predicted octanol–water partition coefficient (Wildman–Crippen LogP) is 3.40. The summed E-state index contributed by atoms with van der Waals surface area (Å²) in [4.78, 5) is 30.4. The van der Waals surface area contributed by atoms with Crippen LogP contribution in [0.3, 0.4) is 0 Å². The maximum absolute atomic E-state index is 13.3. The number of rotatable bonds is 2. The second-order valence-electron chi connectivity index (χ2n) is 7.54.